The number of aliphatic imine (C=N–C) groups is 1. The lowest BCUT2D eigenvalue weighted by atomic mass is 10.1. The zero-order valence-corrected chi connectivity index (χ0v) is 19.0. The number of guanidine groups is 1. The Morgan fingerprint density at radius 2 is 1.88 bits per heavy atom. The van der Waals surface area contributed by atoms with E-state index in [2.05, 4.69) is 34.4 Å². The summed E-state index contributed by atoms with van der Waals surface area (Å²) in [4.78, 5) is 20.5. The van der Waals surface area contributed by atoms with Crippen molar-refractivity contribution < 1.29 is 4.79 Å². The van der Waals surface area contributed by atoms with E-state index in [1.54, 1.807) is 4.90 Å². The second-order valence-electron chi connectivity index (χ2n) is 7.24. The van der Waals surface area contributed by atoms with Crippen LogP contribution in [-0.4, -0.2) is 75.0 Å². The first-order valence-corrected chi connectivity index (χ1v) is 9.35. The van der Waals surface area contributed by atoms with Gasteiger partial charge in [-0.25, -0.2) is 0 Å². The van der Waals surface area contributed by atoms with Crippen LogP contribution in [0, 0.1) is 5.92 Å². The van der Waals surface area contributed by atoms with Gasteiger partial charge < -0.3 is 15.5 Å². The summed E-state index contributed by atoms with van der Waals surface area (Å²) < 4.78 is 0. The second-order valence-corrected chi connectivity index (χ2v) is 7.24. The van der Waals surface area contributed by atoms with E-state index in [0.29, 0.717) is 0 Å². The first-order chi connectivity index (χ1) is 11.5. The smallest absolute Gasteiger partial charge is 0.239 e. The summed E-state index contributed by atoms with van der Waals surface area (Å²) in [6.45, 7) is 8.33. The van der Waals surface area contributed by atoms with Crippen LogP contribution >= 0.6 is 24.0 Å². The molecule has 1 rings (SSSR count). The van der Waals surface area contributed by atoms with Crippen molar-refractivity contribution in [1.82, 2.24) is 20.4 Å². The van der Waals surface area contributed by atoms with Crippen molar-refractivity contribution in [1.29, 1.82) is 0 Å². The number of hydrogen-bond donors (Lipinski definition) is 2. The molecule has 0 radical (unpaired) electrons. The molecule has 1 fully saturated rings. The van der Waals surface area contributed by atoms with Gasteiger partial charge in [-0.05, 0) is 44.6 Å². The predicted molar refractivity (Wildman–Crippen MR) is 117 cm³/mol. The minimum absolute atomic E-state index is 0. The molecule has 1 aliphatic rings. The molecule has 0 aromatic heterocycles. The van der Waals surface area contributed by atoms with Gasteiger partial charge in [0.1, 0.15) is 0 Å². The van der Waals surface area contributed by atoms with Gasteiger partial charge in [0.25, 0.3) is 0 Å². The van der Waals surface area contributed by atoms with Crippen LogP contribution in [0.4, 0.5) is 0 Å². The second kappa shape index (κ2) is 13.6. The van der Waals surface area contributed by atoms with E-state index in [9.17, 15) is 4.79 Å². The molecule has 0 spiro atoms. The maximum absolute atomic E-state index is 12.2. The van der Waals surface area contributed by atoms with Gasteiger partial charge in [0.2, 0.25) is 5.91 Å². The molecule has 0 aromatic rings. The van der Waals surface area contributed by atoms with E-state index in [0.717, 1.165) is 57.3 Å². The molecule has 1 unspecified atom stereocenters. The molecular weight excluding hydrogens is 429 g/mol. The van der Waals surface area contributed by atoms with Crippen LogP contribution in [0.2, 0.25) is 0 Å². The number of halogens is 1. The summed E-state index contributed by atoms with van der Waals surface area (Å²) in [5.41, 5.74) is 0. The largest absolute Gasteiger partial charge is 0.356 e. The van der Waals surface area contributed by atoms with Crippen molar-refractivity contribution >= 4 is 35.8 Å². The molecule has 25 heavy (non-hydrogen) atoms. The van der Waals surface area contributed by atoms with Gasteiger partial charge in [-0.1, -0.05) is 13.8 Å². The fourth-order valence-corrected chi connectivity index (χ4v) is 3.10. The molecule has 1 atom stereocenters. The van der Waals surface area contributed by atoms with Gasteiger partial charge in [0, 0.05) is 40.8 Å². The molecule has 6 nitrogen and oxygen atoms in total. The minimum atomic E-state index is 0. The van der Waals surface area contributed by atoms with Crippen LogP contribution in [0.5, 0.6) is 0 Å². The SMILES string of the molecule is CN=C(NCCCC(C)C)NCCCN1CCCC1C(=O)N(C)C.I. The zero-order valence-electron chi connectivity index (χ0n) is 16.7. The molecule has 1 saturated heterocycles. The maximum atomic E-state index is 12.2. The van der Waals surface area contributed by atoms with Gasteiger partial charge in [0.15, 0.2) is 5.96 Å². The Kier molecular flexibility index (Phi) is 13.3. The Bertz CT molecular complexity index is 401. The molecule has 1 heterocycles. The third-order valence-electron chi connectivity index (χ3n) is 4.48. The highest BCUT2D eigenvalue weighted by Crippen LogP contribution is 2.18. The first kappa shape index (κ1) is 24.4. The summed E-state index contributed by atoms with van der Waals surface area (Å²) in [6.07, 6.45) is 5.53. The average molecular weight is 467 g/mol. The third-order valence-corrected chi connectivity index (χ3v) is 4.48. The molecule has 0 aromatic carbocycles. The van der Waals surface area contributed by atoms with E-state index in [1.807, 2.05) is 21.1 Å². The van der Waals surface area contributed by atoms with Crippen molar-refractivity contribution in [3.63, 3.8) is 0 Å². The predicted octanol–water partition coefficient (Wildman–Crippen LogP) is 2.15. The zero-order chi connectivity index (χ0) is 17.9. The molecule has 0 saturated carbocycles. The number of nitrogens with one attached hydrogen (secondary N) is 2. The monoisotopic (exact) mass is 467 g/mol. The first-order valence-electron chi connectivity index (χ1n) is 9.35. The highest BCUT2D eigenvalue weighted by atomic mass is 127. The van der Waals surface area contributed by atoms with Gasteiger partial charge >= 0.3 is 0 Å². The highest BCUT2D eigenvalue weighted by Gasteiger charge is 2.30. The Morgan fingerprint density at radius 3 is 2.44 bits per heavy atom. The van der Waals surface area contributed by atoms with Crippen molar-refractivity contribution in [3.05, 3.63) is 0 Å². The van der Waals surface area contributed by atoms with Crippen molar-refractivity contribution in [2.24, 2.45) is 10.9 Å². The van der Waals surface area contributed by atoms with Crippen LogP contribution in [0.15, 0.2) is 4.99 Å². The lowest BCUT2D eigenvalue weighted by Gasteiger charge is -2.26. The van der Waals surface area contributed by atoms with E-state index in [1.165, 1.54) is 12.8 Å². The summed E-state index contributed by atoms with van der Waals surface area (Å²) in [7, 11) is 5.49. The van der Waals surface area contributed by atoms with Crippen LogP contribution in [0.3, 0.4) is 0 Å². The number of likely N-dealkylation sites (N-methyl/N-ethyl adjacent to an activating group) is 1. The van der Waals surface area contributed by atoms with E-state index in [4.69, 9.17) is 0 Å². The fraction of sp³-hybridized carbons (Fsp3) is 0.889. The van der Waals surface area contributed by atoms with Gasteiger partial charge in [-0.3, -0.25) is 14.7 Å². The van der Waals surface area contributed by atoms with Crippen molar-refractivity contribution in [2.75, 3.05) is 47.3 Å². The number of rotatable bonds is 9. The normalized spacial score (nSPS) is 18.2. The molecule has 1 aliphatic heterocycles. The van der Waals surface area contributed by atoms with E-state index >= 15 is 0 Å². The standard InChI is InChI=1S/C18H37N5O.HI/c1-15(2)9-6-11-20-18(19-3)21-12-8-14-23-13-7-10-16(23)17(24)22(4)5;/h15-16H,6-14H2,1-5H3,(H2,19,20,21);1H. The molecular formula is C18H38IN5O. The van der Waals surface area contributed by atoms with Crippen LogP contribution in [0.25, 0.3) is 0 Å². The Morgan fingerprint density at radius 1 is 1.24 bits per heavy atom. The molecule has 148 valence electrons. The molecule has 0 bridgehead atoms. The summed E-state index contributed by atoms with van der Waals surface area (Å²) in [5.74, 6) is 1.87. The number of likely N-dealkylation sites (tertiary alicyclic amines) is 1. The summed E-state index contributed by atoms with van der Waals surface area (Å²) >= 11 is 0. The third kappa shape index (κ3) is 9.63. The van der Waals surface area contributed by atoms with Crippen molar-refractivity contribution in [3.8, 4) is 0 Å². The lowest BCUT2D eigenvalue weighted by Crippen LogP contribution is -2.44. The van der Waals surface area contributed by atoms with Crippen LogP contribution in [0.1, 0.15) is 46.0 Å². The van der Waals surface area contributed by atoms with Crippen LogP contribution < -0.4 is 10.6 Å². The van der Waals surface area contributed by atoms with E-state index < -0.39 is 0 Å². The Labute approximate surface area is 171 Å². The quantitative estimate of drug-likeness (QED) is 0.236. The number of nitrogens with zero attached hydrogens (tertiary/aromatic N) is 3. The van der Waals surface area contributed by atoms with Gasteiger partial charge in [-0.2, -0.15) is 0 Å². The van der Waals surface area contributed by atoms with Crippen molar-refractivity contribution in [2.45, 2.75) is 52.0 Å². The Hall–Kier alpha value is -0.570. The average Bonchev–Trinajstić information content (AvgIpc) is 3.00. The lowest BCUT2D eigenvalue weighted by molar-refractivity contribution is -0.133. The summed E-state index contributed by atoms with van der Waals surface area (Å²) in [5, 5.41) is 6.72. The molecule has 0 aliphatic carbocycles. The molecule has 1 amide bonds. The molecule has 2 N–H and O–H groups in total. The van der Waals surface area contributed by atoms with Gasteiger partial charge in [-0.15, -0.1) is 24.0 Å². The topological polar surface area (TPSA) is 60.0 Å². The number of carbonyl (C=O) groups excluding carboxylic acids is 1. The van der Waals surface area contributed by atoms with Gasteiger partial charge in [0.05, 0.1) is 6.04 Å². The highest BCUT2D eigenvalue weighted by molar-refractivity contribution is 14.0. The molecule has 7 heteroatoms. The minimum Gasteiger partial charge on any atom is -0.356 e. The van der Waals surface area contributed by atoms with Crippen LogP contribution in [-0.2, 0) is 4.79 Å². The van der Waals surface area contributed by atoms with E-state index in [-0.39, 0.29) is 35.9 Å². The number of carbonyl (C=O) groups is 1. The fourth-order valence-electron chi connectivity index (χ4n) is 3.10. The number of amides is 1. The maximum Gasteiger partial charge on any atom is 0.239 e. The summed E-state index contributed by atoms with van der Waals surface area (Å²) in [6, 6.07) is 0.0773. The Balaban J connectivity index is 0.00000576. The number of hydrogen-bond acceptors (Lipinski definition) is 3.